The van der Waals surface area contributed by atoms with Crippen molar-refractivity contribution >= 4 is 27.3 Å². The van der Waals surface area contributed by atoms with E-state index in [2.05, 4.69) is 76.8 Å². The summed E-state index contributed by atoms with van der Waals surface area (Å²) in [4.78, 5) is 19.1. The van der Waals surface area contributed by atoms with Crippen molar-refractivity contribution in [2.75, 3.05) is 33.2 Å². The molecule has 0 bridgehead atoms. The summed E-state index contributed by atoms with van der Waals surface area (Å²) in [5.74, 6) is -0.272. The van der Waals surface area contributed by atoms with E-state index in [1.165, 1.54) is 20.7 Å². The third-order valence-corrected chi connectivity index (χ3v) is 9.48. The molecule has 4 atom stereocenters. The Labute approximate surface area is 228 Å². The minimum atomic E-state index is -1.02. The quantitative estimate of drug-likeness (QED) is 0.455. The fourth-order valence-electron chi connectivity index (χ4n) is 5.85. The molecule has 8 heteroatoms. The Morgan fingerprint density at radius 3 is 2.71 bits per heavy atom. The van der Waals surface area contributed by atoms with Gasteiger partial charge in [0.15, 0.2) is 0 Å². The smallest absolute Gasteiger partial charge is 0.243 e. The van der Waals surface area contributed by atoms with Crippen LogP contribution in [0, 0.1) is 11.3 Å². The van der Waals surface area contributed by atoms with E-state index in [0.29, 0.717) is 12.8 Å². The predicted octanol–water partition coefficient (Wildman–Crippen LogP) is 3.52. The summed E-state index contributed by atoms with van der Waals surface area (Å²) in [6.07, 6.45) is 2.76. The fourth-order valence-corrected chi connectivity index (χ4v) is 6.90. The first-order chi connectivity index (χ1) is 18.4. The van der Waals surface area contributed by atoms with Crippen LogP contribution in [0.3, 0.4) is 0 Å². The number of ether oxygens (including phenoxy) is 1. The number of benzene rings is 2. The van der Waals surface area contributed by atoms with Crippen molar-refractivity contribution in [3.63, 3.8) is 0 Å². The summed E-state index contributed by atoms with van der Waals surface area (Å²) in [6.45, 7) is 5.51. The number of hydrogen-bond acceptors (Lipinski definition) is 7. The van der Waals surface area contributed by atoms with Gasteiger partial charge in [-0.1, -0.05) is 36.4 Å². The second-order valence-corrected chi connectivity index (χ2v) is 12.2. The Hall–Kier alpha value is -2.80. The highest BCUT2D eigenvalue weighted by Crippen LogP contribution is 2.42. The average molecular weight is 530 g/mol. The molecule has 38 heavy (non-hydrogen) atoms. The molecule has 0 radical (unpaired) electrons. The van der Waals surface area contributed by atoms with Crippen LogP contribution in [-0.2, 0) is 22.5 Å². The predicted molar refractivity (Wildman–Crippen MR) is 151 cm³/mol. The number of hydrogen-bond donors (Lipinski definition) is 2. The van der Waals surface area contributed by atoms with Crippen molar-refractivity contribution in [2.45, 2.75) is 56.0 Å². The molecule has 3 fully saturated rings. The van der Waals surface area contributed by atoms with Gasteiger partial charge in [-0.15, -0.1) is 11.3 Å². The number of thiophene rings is 1. The summed E-state index contributed by atoms with van der Waals surface area (Å²) in [5, 5.41) is 13.8. The first-order valence-electron chi connectivity index (χ1n) is 13.6. The summed E-state index contributed by atoms with van der Waals surface area (Å²) in [5.41, 5.74) is 9.00. The molecule has 3 aromatic rings. The number of epoxide rings is 1. The van der Waals surface area contributed by atoms with Gasteiger partial charge in [-0.25, -0.2) is 0 Å². The number of nitrogens with one attached hydrogen (secondary N) is 1. The highest BCUT2D eigenvalue weighted by atomic mass is 32.1. The molecule has 7 nitrogen and oxygen atoms in total. The van der Waals surface area contributed by atoms with E-state index >= 15 is 0 Å². The maximum Gasteiger partial charge on any atom is 0.243 e. The molecular formula is C30H35N5O2S. The molecule has 0 spiro atoms. The molecule has 2 aromatic carbocycles. The topological polar surface area (TPSA) is 97.9 Å². The number of fused-ring (bicyclic) bond motifs is 2. The zero-order valence-corrected chi connectivity index (χ0v) is 22.7. The Balaban J connectivity index is 1.10. The number of amides is 1. The summed E-state index contributed by atoms with van der Waals surface area (Å²) >= 11 is 1.78. The van der Waals surface area contributed by atoms with Gasteiger partial charge in [0.1, 0.15) is 17.7 Å². The standard InChI is InChI=1S/C30H35N5O2S/c1-34-11-13-35(14-12-34)19-20-4-7-22(8-5-20)27-17-23-15-21(6-9-26(23)38-27)16-24(18-31)33-29(36)30(32)10-2-3-25-28(30)37-25/h4-9,15,17,24-25,28H,2-3,10-14,16,19,32H2,1H3,(H,33,36). The SMILES string of the molecule is CN1CCN(Cc2ccc(-c3cc4cc(CC(C#N)NC(=O)C5(N)CCCC6OC65)ccc4s3)cc2)CC1. The van der Waals surface area contributed by atoms with Crippen molar-refractivity contribution in [3.8, 4) is 16.5 Å². The molecule has 6 rings (SSSR count). The molecule has 1 amide bonds. The molecule has 3 aliphatic rings. The summed E-state index contributed by atoms with van der Waals surface area (Å²) < 4.78 is 6.82. The third kappa shape index (κ3) is 5.22. The lowest BCUT2D eigenvalue weighted by molar-refractivity contribution is -0.128. The van der Waals surface area contributed by atoms with Crippen LogP contribution in [0.25, 0.3) is 20.5 Å². The van der Waals surface area contributed by atoms with E-state index in [1.807, 2.05) is 0 Å². The van der Waals surface area contributed by atoms with Crippen molar-refractivity contribution in [1.82, 2.24) is 15.1 Å². The number of piperazine rings is 1. The van der Waals surface area contributed by atoms with Crippen LogP contribution in [0.15, 0.2) is 48.5 Å². The van der Waals surface area contributed by atoms with Crippen molar-refractivity contribution in [3.05, 3.63) is 59.7 Å². The van der Waals surface area contributed by atoms with E-state index in [0.717, 1.165) is 56.5 Å². The van der Waals surface area contributed by atoms with Crippen LogP contribution in [0.2, 0.25) is 0 Å². The molecular weight excluding hydrogens is 494 g/mol. The number of nitriles is 1. The molecule has 1 aliphatic carbocycles. The average Bonchev–Trinajstić information content (AvgIpc) is 3.62. The van der Waals surface area contributed by atoms with Gasteiger partial charge in [0.2, 0.25) is 5.91 Å². The number of nitrogens with zero attached hydrogens (tertiary/aromatic N) is 3. The van der Waals surface area contributed by atoms with Gasteiger partial charge in [0.05, 0.1) is 12.2 Å². The summed E-state index contributed by atoms with van der Waals surface area (Å²) in [7, 11) is 2.19. The molecule has 1 saturated carbocycles. The van der Waals surface area contributed by atoms with Gasteiger partial charge in [-0.2, -0.15) is 5.26 Å². The number of carbonyl (C=O) groups excluding carboxylic acids is 1. The number of carbonyl (C=O) groups is 1. The van der Waals surface area contributed by atoms with Crippen LogP contribution < -0.4 is 11.1 Å². The maximum absolute atomic E-state index is 13.0. The normalized spacial score (nSPS) is 26.4. The molecule has 2 saturated heterocycles. The lowest BCUT2D eigenvalue weighted by Crippen LogP contribution is -2.61. The monoisotopic (exact) mass is 529 g/mol. The summed E-state index contributed by atoms with van der Waals surface area (Å²) in [6, 6.07) is 19.1. The minimum Gasteiger partial charge on any atom is -0.367 e. The Morgan fingerprint density at radius 2 is 1.95 bits per heavy atom. The number of likely N-dealkylation sites (N-methyl/N-ethyl adjacent to an activating group) is 1. The van der Waals surface area contributed by atoms with Crippen molar-refractivity contribution in [2.24, 2.45) is 5.73 Å². The Bertz CT molecular complexity index is 1360. The highest BCUT2D eigenvalue weighted by molar-refractivity contribution is 7.22. The van der Waals surface area contributed by atoms with E-state index in [-0.39, 0.29) is 18.1 Å². The van der Waals surface area contributed by atoms with Crippen LogP contribution >= 0.6 is 11.3 Å². The van der Waals surface area contributed by atoms with Gasteiger partial charge in [0, 0.05) is 48.7 Å². The van der Waals surface area contributed by atoms with Crippen LogP contribution in [-0.4, -0.2) is 72.7 Å². The van der Waals surface area contributed by atoms with Gasteiger partial charge in [-0.05, 0) is 60.5 Å². The highest BCUT2D eigenvalue weighted by Gasteiger charge is 2.59. The first kappa shape index (κ1) is 25.5. The Kier molecular flexibility index (Phi) is 6.97. The molecule has 1 aromatic heterocycles. The third-order valence-electron chi connectivity index (χ3n) is 8.31. The van der Waals surface area contributed by atoms with E-state index in [1.54, 1.807) is 11.3 Å². The zero-order chi connectivity index (χ0) is 26.3. The molecule has 3 N–H and O–H groups in total. The van der Waals surface area contributed by atoms with Crippen LogP contribution in [0.4, 0.5) is 0 Å². The minimum absolute atomic E-state index is 0.100. The number of nitrogens with two attached hydrogens (primary N) is 1. The first-order valence-corrected chi connectivity index (χ1v) is 14.4. The number of rotatable bonds is 7. The molecule has 4 unspecified atom stereocenters. The second kappa shape index (κ2) is 10.4. The van der Waals surface area contributed by atoms with E-state index in [9.17, 15) is 10.1 Å². The van der Waals surface area contributed by atoms with Gasteiger partial charge in [0.25, 0.3) is 0 Å². The molecule has 2 aliphatic heterocycles. The lowest BCUT2D eigenvalue weighted by Gasteiger charge is -2.32. The van der Waals surface area contributed by atoms with Gasteiger partial charge < -0.3 is 20.7 Å². The maximum atomic E-state index is 13.0. The fraction of sp³-hybridized carbons (Fsp3) is 0.467. The lowest BCUT2D eigenvalue weighted by atomic mass is 9.81. The van der Waals surface area contributed by atoms with Crippen molar-refractivity contribution in [1.29, 1.82) is 5.26 Å². The van der Waals surface area contributed by atoms with Crippen LogP contribution in [0.5, 0.6) is 0 Å². The molecule has 198 valence electrons. The Morgan fingerprint density at radius 1 is 1.18 bits per heavy atom. The van der Waals surface area contributed by atoms with Crippen molar-refractivity contribution < 1.29 is 9.53 Å². The second-order valence-electron chi connectivity index (χ2n) is 11.1. The van der Waals surface area contributed by atoms with E-state index < -0.39 is 11.6 Å². The molecule has 3 heterocycles. The van der Waals surface area contributed by atoms with E-state index in [4.69, 9.17) is 10.5 Å². The largest absolute Gasteiger partial charge is 0.367 e. The van der Waals surface area contributed by atoms with Crippen LogP contribution in [0.1, 0.15) is 30.4 Å². The zero-order valence-electron chi connectivity index (χ0n) is 21.9. The van der Waals surface area contributed by atoms with Gasteiger partial charge >= 0.3 is 0 Å². The van der Waals surface area contributed by atoms with Gasteiger partial charge in [-0.3, -0.25) is 9.69 Å².